The number of aryl methyl sites for hydroxylation is 1. The largest absolute Gasteiger partial charge is 0.385 e. The van der Waals surface area contributed by atoms with E-state index in [9.17, 15) is 4.79 Å². The Balaban J connectivity index is 1.77. The van der Waals surface area contributed by atoms with Gasteiger partial charge in [0.05, 0.1) is 0 Å². The fourth-order valence-corrected chi connectivity index (χ4v) is 2.56. The zero-order chi connectivity index (χ0) is 17.4. The first-order valence-electron chi connectivity index (χ1n) is 8.57. The van der Waals surface area contributed by atoms with E-state index >= 15 is 0 Å². The maximum atomic E-state index is 12.0. The molecule has 0 aromatic heterocycles. The van der Waals surface area contributed by atoms with Crippen LogP contribution in [0.25, 0.3) is 0 Å². The molecule has 0 unspecified atom stereocenters. The Hall–Kier alpha value is -2.49. The van der Waals surface area contributed by atoms with E-state index in [2.05, 4.69) is 53.6 Å². The van der Waals surface area contributed by atoms with Crippen LogP contribution in [0.1, 0.15) is 25.8 Å². The van der Waals surface area contributed by atoms with Gasteiger partial charge in [-0.25, -0.2) is 0 Å². The van der Waals surface area contributed by atoms with E-state index in [1.54, 1.807) is 0 Å². The fourth-order valence-electron chi connectivity index (χ4n) is 2.56. The molecular formula is C20H27N3O. The number of hydrogen-bond acceptors (Lipinski definition) is 3. The molecule has 0 aliphatic rings. The van der Waals surface area contributed by atoms with Gasteiger partial charge in [-0.15, -0.1) is 0 Å². The van der Waals surface area contributed by atoms with Crippen molar-refractivity contribution in [1.82, 2.24) is 0 Å². The van der Waals surface area contributed by atoms with Gasteiger partial charge in [0, 0.05) is 43.1 Å². The smallest absolute Gasteiger partial charge is 0.226 e. The number of amides is 1. The molecule has 0 saturated heterocycles. The molecule has 2 rings (SSSR count). The highest BCUT2D eigenvalue weighted by atomic mass is 16.1. The van der Waals surface area contributed by atoms with Crippen LogP contribution in [0.2, 0.25) is 0 Å². The van der Waals surface area contributed by atoms with E-state index in [4.69, 9.17) is 0 Å². The standard InChI is InChI=1S/C20H27N3O/c1-4-23(5-2)19-12-10-17(11-13-19)21-15-14-20(24)22-18-8-6-16(3)7-9-18/h6-13,21H,4-5,14-15H2,1-3H3,(H,22,24). The number of anilines is 3. The summed E-state index contributed by atoms with van der Waals surface area (Å²) in [6.07, 6.45) is 0.436. The summed E-state index contributed by atoms with van der Waals surface area (Å²) >= 11 is 0. The molecule has 2 aromatic rings. The SMILES string of the molecule is CCN(CC)c1ccc(NCCC(=O)Nc2ccc(C)cc2)cc1. The molecule has 4 heteroatoms. The monoisotopic (exact) mass is 325 g/mol. The molecule has 4 nitrogen and oxygen atoms in total. The molecule has 128 valence electrons. The topological polar surface area (TPSA) is 44.4 Å². The van der Waals surface area contributed by atoms with E-state index in [1.165, 1.54) is 11.3 Å². The minimum Gasteiger partial charge on any atom is -0.385 e. The highest BCUT2D eigenvalue weighted by Gasteiger charge is 2.03. The first kappa shape index (κ1) is 17.9. The Morgan fingerprint density at radius 1 is 0.917 bits per heavy atom. The van der Waals surface area contributed by atoms with Crippen molar-refractivity contribution >= 4 is 23.0 Å². The Labute approximate surface area is 144 Å². The highest BCUT2D eigenvalue weighted by Crippen LogP contribution is 2.17. The van der Waals surface area contributed by atoms with Crippen molar-refractivity contribution in [3.05, 3.63) is 54.1 Å². The summed E-state index contributed by atoms with van der Waals surface area (Å²) in [6.45, 7) is 8.96. The van der Waals surface area contributed by atoms with Gasteiger partial charge in [0.25, 0.3) is 0 Å². The maximum Gasteiger partial charge on any atom is 0.226 e. The molecule has 0 aliphatic carbocycles. The highest BCUT2D eigenvalue weighted by molar-refractivity contribution is 5.91. The van der Waals surface area contributed by atoms with Crippen molar-refractivity contribution in [2.45, 2.75) is 27.2 Å². The van der Waals surface area contributed by atoms with Crippen molar-refractivity contribution in [3.63, 3.8) is 0 Å². The minimum absolute atomic E-state index is 0.0196. The second kappa shape index (κ2) is 8.96. The lowest BCUT2D eigenvalue weighted by molar-refractivity contribution is -0.115. The summed E-state index contributed by atoms with van der Waals surface area (Å²) in [7, 11) is 0. The molecule has 1 amide bonds. The number of nitrogens with one attached hydrogen (secondary N) is 2. The van der Waals surface area contributed by atoms with Crippen molar-refractivity contribution in [3.8, 4) is 0 Å². The lowest BCUT2D eigenvalue weighted by Gasteiger charge is -2.21. The van der Waals surface area contributed by atoms with E-state index in [-0.39, 0.29) is 5.91 Å². The molecule has 0 fully saturated rings. The summed E-state index contributed by atoms with van der Waals surface area (Å²) < 4.78 is 0. The zero-order valence-electron chi connectivity index (χ0n) is 14.8. The molecule has 0 atom stereocenters. The van der Waals surface area contributed by atoms with Gasteiger partial charge in [0.15, 0.2) is 0 Å². The van der Waals surface area contributed by atoms with Gasteiger partial charge >= 0.3 is 0 Å². The maximum absolute atomic E-state index is 12.0. The van der Waals surface area contributed by atoms with Crippen LogP contribution in [0.3, 0.4) is 0 Å². The second-order valence-electron chi connectivity index (χ2n) is 5.81. The molecular weight excluding hydrogens is 298 g/mol. The van der Waals surface area contributed by atoms with Gasteiger partial charge in [0.1, 0.15) is 0 Å². The van der Waals surface area contributed by atoms with Crippen molar-refractivity contribution in [2.75, 3.05) is 35.2 Å². The van der Waals surface area contributed by atoms with Crippen LogP contribution in [0.5, 0.6) is 0 Å². The van der Waals surface area contributed by atoms with E-state index < -0.39 is 0 Å². The Kier molecular flexibility index (Phi) is 6.67. The van der Waals surface area contributed by atoms with Crippen LogP contribution in [0.4, 0.5) is 17.1 Å². The van der Waals surface area contributed by atoms with Gasteiger partial charge in [-0.1, -0.05) is 17.7 Å². The molecule has 24 heavy (non-hydrogen) atoms. The van der Waals surface area contributed by atoms with Crippen LogP contribution in [-0.4, -0.2) is 25.5 Å². The van der Waals surface area contributed by atoms with Crippen LogP contribution < -0.4 is 15.5 Å². The third kappa shape index (κ3) is 5.30. The predicted molar refractivity (Wildman–Crippen MR) is 103 cm³/mol. The summed E-state index contributed by atoms with van der Waals surface area (Å²) in [6, 6.07) is 16.2. The minimum atomic E-state index is 0.0196. The van der Waals surface area contributed by atoms with Crippen LogP contribution >= 0.6 is 0 Å². The van der Waals surface area contributed by atoms with Crippen LogP contribution in [-0.2, 0) is 4.79 Å². The predicted octanol–water partition coefficient (Wildman–Crippen LogP) is 4.28. The third-order valence-corrected chi connectivity index (χ3v) is 4.01. The van der Waals surface area contributed by atoms with Crippen molar-refractivity contribution < 1.29 is 4.79 Å². The van der Waals surface area contributed by atoms with E-state index in [0.29, 0.717) is 13.0 Å². The molecule has 2 N–H and O–H groups in total. The van der Waals surface area contributed by atoms with E-state index in [1.807, 2.05) is 31.2 Å². The van der Waals surface area contributed by atoms with Crippen LogP contribution in [0.15, 0.2) is 48.5 Å². The molecule has 0 saturated carbocycles. The molecule has 0 aliphatic heterocycles. The molecule has 0 spiro atoms. The van der Waals surface area contributed by atoms with Crippen LogP contribution in [0, 0.1) is 6.92 Å². The Morgan fingerprint density at radius 3 is 2.08 bits per heavy atom. The summed E-state index contributed by atoms with van der Waals surface area (Å²) in [5, 5.41) is 6.20. The number of carbonyl (C=O) groups excluding carboxylic acids is 1. The normalized spacial score (nSPS) is 10.3. The molecule has 0 heterocycles. The van der Waals surface area contributed by atoms with Gasteiger partial charge in [-0.3, -0.25) is 4.79 Å². The molecule has 2 aromatic carbocycles. The number of hydrogen-bond donors (Lipinski definition) is 2. The van der Waals surface area contributed by atoms with Gasteiger partial charge < -0.3 is 15.5 Å². The summed E-state index contributed by atoms with van der Waals surface area (Å²) in [5.41, 5.74) is 4.29. The molecule has 0 radical (unpaired) electrons. The number of benzene rings is 2. The Morgan fingerprint density at radius 2 is 1.50 bits per heavy atom. The Bertz CT molecular complexity index is 631. The number of rotatable bonds is 8. The fraction of sp³-hybridized carbons (Fsp3) is 0.350. The first-order chi connectivity index (χ1) is 11.6. The summed E-state index contributed by atoms with van der Waals surface area (Å²) in [4.78, 5) is 14.3. The number of carbonyl (C=O) groups is 1. The average Bonchev–Trinajstić information content (AvgIpc) is 2.59. The lowest BCUT2D eigenvalue weighted by Crippen LogP contribution is -2.21. The van der Waals surface area contributed by atoms with Gasteiger partial charge in [-0.2, -0.15) is 0 Å². The number of nitrogens with zero attached hydrogens (tertiary/aromatic N) is 1. The van der Waals surface area contributed by atoms with E-state index in [0.717, 1.165) is 24.5 Å². The van der Waals surface area contributed by atoms with Gasteiger partial charge in [-0.05, 0) is 57.2 Å². The second-order valence-corrected chi connectivity index (χ2v) is 5.81. The molecule has 0 bridgehead atoms. The van der Waals surface area contributed by atoms with Crippen molar-refractivity contribution in [2.24, 2.45) is 0 Å². The average molecular weight is 325 g/mol. The van der Waals surface area contributed by atoms with Gasteiger partial charge in [0.2, 0.25) is 5.91 Å². The zero-order valence-corrected chi connectivity index (χ0v) is 14.8. The summed E-state index contributed by atoms with van der Waals surface area (Å²) in [5.74, 6) is 0.0196. The quantitative estimate of drug-likeness (QED) is 0.761. The first-order valence-corrected chi connectivity index (χ1v) is 8.57. The lowest BCUT2D eigenvalue weighted by atomic mass is 10.2. The van der Waals surface area contributed by atoms with Crippen molar-refractivity contribution in [1.29, 1.82) is 0 Å². The third-order valence-electron chi connectivity index (χ3n) is 4.01.